The van der Waals surface area contributed by atoms with Crippen molar-refractivity contribution >= 4 is 23.6 Å². The monoisotopic (exact) mass is 417 g/mol. The van der Waals surface area contributed by atoms with Crippen molar-refractivity contribution < 1.29 is 18.8 Å². The van der Waals surface area contributed by atoms with E-state index in [1.165, 1.54) is 18.2 Å². The van der Waals surface area contributed by atoms with E-state index in [0.717, 1.165) is 42.7 Å². The second-order valence-corrected chi connectivity index (χ2v) is 8.28. The molecule has 2 aromatic rings. The Bertz CT molecular complexity index is 842. The lowest BCUT2D eigenvalue weighted by molar-refractivity contribution is -0.135. The number of likely N-dealkylation sites (N-methyl/N-ethyl adjacent to an activating group) is 1. The zero-order chi connectivity index (χ0) is 20.8. The highest BCUT2D eigenvalue weighted by Crippen LogP contribution is 2.27. The number of ether oxygens (including phenoxy) is 1. The van der Waals surface area contributed by atoms with E-state index in [1.807, 2.05) is 13.8 Å². The van der Waals surface area contributed by atoms with Gasteiger partial charge in [0.15, 0.2) is 6.61 Å². The number of rotatable bonds is 7. The summed E-state index contributed by atoms with van der Waals surface area (Å²) in [5.74, 6) is 0.636. The quantitative estimate of drug-likeness (QED) is 0.498. The number of pyridine rings is 1. The molecule has 8 heteroatoms. The summed E-state index contributed by atoms with van der Waals surface area (Å²) in [7, 11) is 1.79. The van der Waals surface area contributed by atoms with Crippen LogP contribution < -0.4 is 0 Å². The molecule has 2 heterocycles. The van der Waals surface area contributed by atoms with Crippen molar-refractivity contribution in [3.63, 3.8) is 0 Å². The molecule has 3 rings (SSSR count). The van der Waals surface area contributed by atoms with Gasteiger partial charge in [-0.05, 0) is 38.8 Å². The number of thioether (sulfide) groups is 1. The summed E-state index contributed by atoms with van der Waals surface area (Å²) in [6, 6.07) is 3.60. The van der Waals surface area contributed by atoms with Crippen molar-refractivity contribution in [3.05, 3.63) is 40.9 Å². The summed E-state index contributed by atoms with van der Waals surface area (Å²) in [6.07, 6.45) is 7.17. The smallest absolute Gasteiger partial charge is 0.341 e. The molecule has 0 spiro atoms. The third-order valence-electron chi connectivity index (χ3n) is 5.37. The van der Waals surface area contributed by atoms with Crippen molar-refractivity contribution in [3.8, 4) is 0 Å². The van der Waals surface area contributed by atoms with Gasteiger partial charge in [0.25, 0.3) is 5.91 Å². The van der Waals surface area contributed by atoms with Crippen LogP contribution in [0.5, 0.6) is 0 Å². The Kier molecular flexibility index (Phi) is 7.30. The third kappa shape index (κ3) is 5.38. The summed E-state index contributed by atoms with van der Waals surface area (Å²) in [4.78, 5) is 31.1. The average molecular weight is 418 g/mol. The Balaban J connectivity index is 1.58. The summed E-state index contributed by atoms with van der Waals surface area (Å²) in [5.41, 5.74) is 2.17. The van der Waals surface area contributed by atoms with Crippen LogP contribution in [0.15, 0.2) is 27.9 Å². The molecule has 0 unspecified atom stereocenters. The Morgan fingerprint density at radius 1 is 1.28 bits per heavy atom. The van der Waals surface area contributed by atoms with E-state index in [2.05, 4.69) is 10.1 Å². The van der Waals surface area contributed by atoms with Gasteiger partial charge in [-0.25, -0.2) is 9.78 Å². The molecule has 1 amide bonds. The minimum atomic E-state index is -0.537. The van der Waals surface area contributed by atoms with Crippen LogP contribution in [-0.4, -0.2) is 46.6 Å². The van der Waals surface area contributed by atoms with Gasteiger partial charge in [-0.3, -0.25) is 4.79 Å². The molecule has 1 aliphatic carbocycles. The number of hydrogen-bond acceptors (Lipinski definition) is 7. The average Bonchev–Trinajstić information content (AvgIpc) is 3.07. The maximum absolute atomic E-state index is 12.6. The molecule has 0 N–H and O–H groups in total. The van der Waals surface area contributed by atoms with E-state index in [9.17, 15) is 9.59 Å². The lowest BCUT2D eigenvalue weighted by Crippen LogP contribution is -2.40. The van der Waals surface area contributed by atoms with E-state index >= 15 is 0 Å². The second-order valence-electron chi connectivity index (χ2n) is 7.32. The first kappa shape index (κ1) is 21.4. The number of aromatic nitrogens is 2. The summed E-state index contributed by atoms with van der Waals surface area (Å²) in [6.45, 7) is 3.49. The largest absolute Gasteiger partial charge is 0.452 e. The SMILES string of the molecule is Cc1noc(C)c1CSc1ncccc1C(=O)OCC(=O)N(C)C1CCCCC1. The maximum Gasteiger partial charge on any atom is 0.341 e. The zero-order valence-corrected chi connectivity index (χ0v) is 18.0. The van der Waals surface area contributed by atoms with Gasteiger partial charge in [0, 0.05) is 30.6 Å². The van der Waals surface area contributed by atoms with Crippen LogP contribution in [0.25, 0.3) is 0 Å². The number of carbonyl (C=O) groups excluding carboxylic acids is 2. The minimum absolute atomic E-state index is 0.168. The van der Waals surface area contributed by atoms with Gasteiger partial charge in [0.05, 0.1) is 11.3 Å². The predicted molar refractivity (Wildman–Crippen MR) is 110 cm³/mol. The van der Waals surface area contributed by atoms with Crippen LogP contribution in [0.2, 0.25) is 0 Å². The summed E-state index contributed by atoms with van der Waals surface area (Å²) in [5, 5.41) is 4.51. The molecule has 0 saturated heterocycles. The molecule has 7 nitrogen and oxygen atoms in total. The first-order valence-corrected chi connectivity index (χ1v) is 10.9. The number of carbonyl (C=O) groups is 2. The van der Waals surface area contributed by atoms with Crippen molar-refractivity contribution in [2.45, 2.75) is 62.8 Å². The molecule has 2 aromatic heterocycles. The number of aryl methyl sites for hydroxylation is 2. The van der Waals surface area contributed by atoms with Gasteiger partial charge in [-0.15, -0.1) is 11.8 Å². The van der Waals surface area contributed by atoms with E-state index in [0.29, 0.717) is 16.3 Å². The molecule has 0 aromatic carbocycles. The van der Waals surface area contributed by atoms with Crippen molar-refractivity contribution in [2.75, 3.05) is 13.7 Å². The molecular formula is C21H27N3O4S. The van der Waals surface area contributed by atoms with E-state index in [4.69, 9.17) is 9.26 Å². The molecule has 1 saturated carbocycles. The van der Waals surface area contributed by atoms with Gasteiger partial charge in [0.2, 0.25) is 0 Å². The predicted octanol–water partition coefficient (Wildman–Crippen LogP) is 3.93. The van der Waals surface area contributed by atoms with Crippen molar-refractivity contribution in [1.29, 1.82) is 0 Å². The second kappa shape index (κ2) is 9.91. The Labute approximate surface area is 175 Å². The van der Waals surface area contributed by atoms with Crippen LogP contribution in [0.4, 0.5) is 0 Å². The van der Waals surface area contributed by atoms with Gasteiger partial charge >= 0.3 is 5.97 Å². The van der Waals surface area contributed by atoms with Gasteiger partial charge in [-0.2, -0.15) is 0 Å². The molecule has 156 valence electrons. The first-order valence-electron chi connectivity index (χ1n) is 9.89. The topological polar surface area (TPSA) is 85.5 Å². The fourth-order valence-electron chi connectivity index (χ4n) is 3.49. The lowest BCUT2D eigenvalue weighted by atomic mass is 9.94. The molecule has 1 fully saturated rings. The molecule has 0 aliphatic heterocycles. The molecule has 0 atom stereocenters. The van der Waals surface area contributed by atoms with E-state index in [-0.39, 0.29) is 18.6 Å². The van der Waals surface area contributed by atoms with Crippen LogP contribution in [0.1, 0.15) is 59.5 Å². The van der Waals surface area contributed by atoms with Crippen molar-refractivity contribution in [2.24, 2.45) is 0 Å². The highest BCUT2D eigenvalue weighted by molar-refractivity contribution is 7.98. The molecule has 0 radical (unpaired) electrons. The van der Waals surface area contributed by atoms with E-state index in [1.54, 1.807) is 30.3 Å². The maximum atomic E-state index is 12.6. The number of nitrogens with zero attached hydrogens (tertiary/aromatic N) is 3. The Morgan fingerprint density at radius 3 is 2.72 bits per heavy atom. The third-order valence-corrected chi connectivity index (χ3v) is 6.40. The van der Waals surface area contributed by atoms with Gasteiger partial charge in [-0.1, -0.05) is 24.4 Å². The normalized spacial score (nSPS) is 14.6. The highest BCUT2D eigenvalue weighted by atomic mass is 32.2. The number of esters is 1. The molecular weight excluding hydrogens is 390 g/mol. The highest BCUT2D eigenvalue weighted by Gasteiger charge is 2.24. The standard InChI is InChI=1S/C21H27N3O4S/c1-14-18(15(2)28-23-14)13-29-20-17(10-7-11-22-20)21(26)27-12-19(25)24(3)16-8-5-4-6-9-16/h7,10-11,16H,4-6,8-9,12-13H2,1-3H3. The molecule has 29 heavy (non-hydrogen) atoms. The summed E-state index contributed by atoms with van der Waals surface area (Å²) >= 11 is 1.42. The van der Waals surface area contributed by atoms with Crippen LogP contribution in [0.3, 0.4) is 0 Å². The van der Waals surface area contributed by atoms with Gasteiger partial charge < -0.3 is 14.2 Å². The summed E-state index contributed by atoms with van der Waals surface area (Å²) < 4.78 is 10.5. The van der Waals surface area contributed by atoms with Crippen molar-refractivity contribution in [1.82, 2.24) is 15.0 Å². The molecule has 0 bridgehead atoms. The van der Waals surface area contributed by atoms with Crippen LogP contribution in [-0.2, 0) is 15.3 Å². The lowest BCUT2D eigenvalue weighted by Gasteiger charge is -2.31. The Hall–Kier alpha value is -2.35. The number of hydrogen-bond donors (Lipinski definition) is 0. The van der Waals surface area contributed by atoms with Crippen LogP contribution >= 0.6 is 11.8 Å². The molecule has 1 aliphatic rings. The van der Waals surface area contributed by atoms with E-state index < -0.39 is 5.97 Å². The Morgan fingerprint density at radius 2 is 2.03 bits per heavy atom. The van der Waals surface area contributed by atoms with Gasteiger partial charge in [0.1, 0.15) is 10.8 Å². The first-order chi connectivity index (χ1) is 14.0. The fraction of sp³-hybridized carbons (Fsp3) is 0.524. The van der Waals surface area contributed by atoms with Crippen LogP contribution in [0, 0.1) is 13.8 Å². The minimum Gasteiger partial charge on any atom is -0.452 e. The zero-order valence-electron chi connectivity index (χ0n) is 17.1. The fourth-order valence-corrected chi connectivity index (χ4v) is 4.62. The number of amides is 1.